The predicted octanol–water partition coefficient (Wildman–Crippen LogP) is 2.78. The number of aryl methyl sites for hydroxylation is 2. The number of nitrogens with two attached hydrogens (primary N) is 1. The van der Waals surface area contributed by atoms with Crippen molar-refractivity contribution >= 4 is 17.3 Å². The van der Waals surface area contributed by atoms with E-state index in [1.807, 2.05) is 42.8 Å². The highest BCUT2D eigenvalue weighted by Gasteiger charge is 2.07. The van der Waals surface area contributed by atoms with Gasteiger partial charge in [-0.3, -0.25) is 4.68 Å². The fraction of sp³-hybridized carbons (Fsp3) is 0.250. The van der Waals surface area contributed by atoms with Gasteiger partial charge in [-0.25, -0.2) is 0 Å². The monoisotopic (exact) mass is 235 g/mol. The van der Waals surface area contributed by atoms with E-state index in [2.05, 4.69) is 5.10 Å². The molecule has 0 aliphatic rings. The van der Waals surface area contributed by atoms with E-state index in [0.717, 1.165) is 17.0 Å². The minimum absolute atomic E-state index is 0.616. The minimum atomic E-state index is 0.616. The third-order valence-electron chi connectivity index (χ3n) is 2.57. The Balaban J connectivity index is 2.37. The van der Waals surface area contributed by atoms with Crippen LogP contribution in [0.15, 0.2) is 24.3 Å². The van der Waals surface area contributed by atoms with E-state index in [-0.39, 0.29) is 0 Å². The second kappa shape index (κ2) is 4.18. The van der Waals surface area contributed by atoms with Gasteiger partial charge >= 0.3 is 0 Å². The molecule has 1 heterocycles. The van der Waals surface area contributed by atoms with Gasteiger partial charge < -0.3 is 5.73 Å². The first-order chi connectivity index (χ1) is 7.58. The van der Waals surface area contributed by atoms with Gasteiger partial charge in [0.15, 0.2) is 0 Å². The molecule has 0 atom stereocenters. The van der Waals surface area contributed by atoms with Crippen LogP contribution in [0.2, 0.25) is 5.02 Å². The van der Waals surface area contributed by atoms with Crippen molar-refractivity contribution in [2.24, 2.45) is 0 Å². The first kappa shape index (κ1) is 11.0. The Hall–Kier alpha value is -1.48. The molecule has 0 saturated carbocycles. The van der Waals surface area contributed by atoms with E-state index in [1.54, 1.807) is 0 Å². The topological polar surface area (TPSA) is 43.8 Å². The summed E-state index contributed by atoms with van der Waals surface area (Å²) in [5.74, 6) is 0. The summed E-state index contributed by atoms with van der Waals surface area (Å²) in [5, 5.41) is 5.08. The van der Waals surface area contributed by atoms with Crippen LogP contribution in [0.1, 0.15) is 17.0 Å². The molecule has 84 valence electrons. The molecular formula is C12H14ClN3. The average molecular weight is 236 g/mol. The summed E-state index contributed by atoms with van der Waals surface area (Å²) in [6.07, 6.45) is 0. The lowest BCUT2D eigenvalue weighted by Crippen LogP contribution is -2.06. The van der Waals surface area contributed by atoms with Gasteiger partial charge in [-0.1, -0.05) is 17.7 Å². The molecule has 0 radical (unpaired) electrons. The molecule has 0 spiro atoms. The zero-order valence-electron chi connectivity index (χ0n) is 9.37. The van der Waals surface area contributed by atoms with Gasteiger partial charge in [-0.2, -0.15) is 5.10 Å². The largest absolute Gasteiger partial charge is 0.398 e. The fourth-order valence-electron chi connectivity index (χ4n) is 1.73. The van der Waals surface area contributed by atoms with Gasteiger partial charge in [0.05, 0.1) is 12.2 Å². The summed E-state index contributed by atoms with van der Waals surface area (Å²) >= 11 is 6.12. The molecule has 1 aromatic heterocycles. The number of nitrogen functional groups attached to an aromatic ring is 1. The zero-order valence-corrected chi connectivity index (χ0v) is 10.1. The molecule has 0 fully saturated rings. The normalized spacial score (nSPS) is 10.7. The first-order valence-electron chi connectivity index (χ1n) is 5.12. The van der Waals surface area contributed by atoms with Crippen molar-refractivity contribution in [3.8, 4) is 0 Å². The van der Waals surface area contributed by atoms with E-state index < -0.39 is 0 Å². The summed E-state index contributed by atoms with van der Waals surface area (Å²) in [6, 6.07) is 7.58. The maximum atomic E-state index is 6.12. The van der Waals surface area contributed by atoms with Crippen LogP contribution in [-0.4, -0.2) is 9.78 Å². The van der Waals surface area contributed by atoms with Crippen molar-refractivity contribution in [1.82, 2.24) is 9.78 Å². The molecule has 4 heteroatoms. The smallest absolute Gasteiger partial charge is 0.0697 e. The summed E-state index contributed by atoms with van der Waals surface area (Å²) in [6.45, 7) is 4.61. The van der Waals surface area contributed by atoms with Crippen LogP contribution >= 0.6 is 11.6 Å². The van der Waals surface area contributed by atoms with Crippen LogP contribution in [0.4, 0.5) is 5.69 Å². The Morgan fingerprint density at radius 3 is 2.69 bits per heavy atom. The van der Waals surface area contributed by atoms with Gasteiger partial charge in [0.1, 0.15) is 0 Å². The maximum absolute atomic E-state index is 6.12. The van der Waals surface area contributed by atoms with Gasteiger partial charge in [-0.15, -0.1) is 0 Å². The van der Waals surface area contributed by atoms with Crippen molar-refractivity contribution in [1.29, 1.82) is 0 Å². The fourth-order valence-corrected chi connectivity index (χ4v) is 1.97. The number of nitrogens with zero attached hydrogens (tertiary/aromatic N) is 2. The quantitative estimate of drug-likeness (QED) is 0.814. The number of anilines is 1. The molecule has 2 rings (SSSR count). The maximum Gasteiger partial charge on any atom is 0.0697 e. The second-order valence-corrected chi connectivity index (χ2v) is 4.30. The summed E-state index contributed by atoms with van der Waals surface area (Å²) < 4.78 is 1.91. The first-order valence-corrected chi connectivity index (χ1v) is 5.49. The lowest BCUT2D eigenvalue weighted by Gasteiger charge is -2.09. The molecule has 0 bridgehead atoms. The molecule has 0 unspecified atom stereocenters. The number of hydrogen-bond donors (Lipinski definition) is 1. The van der Waals surface area contributed by atoms with E-state index in [4.69, 9.17) is 17.3 Å². The highest BCUT2D eigenvalue weighted by Crippen LogP contribution is 2.23. The number of rotatable bonds is 2. The van der Waals surface area contributed by atoms with E-state index in [0.29, 0.717) is 17.3 Å². The van der Waals surface area contributed by atoms with Crippen molar-refractivity contribution in [3.05, 3.63) is 46.2 Å². The highest BCUT2D eigenvalue weighted by molar-refractivity contribution is 6.31. The molecular weight excluding hydrogens is 222 g/mol. The Morgan fingerprint density at radius 1 is 1.38 bits per heavy atom. The van der Waals surface area contributed by atoms with Crippen LogP contribution in [0.5, 0.6) is 0 Å². The van der Waals surface area contributed by atoms with Crippen LogP contribution in [0.3, 0.4) is 0 Å². The number of benzene rings is 1. The van der Waals surface area contributed by atoms with Gasteiger partial charge in [-0.05, 0) is 32.0 Å². The summed E-state index contributed by atoms with van der Waals surface area (Å²) in [7, 11) is 0. The minimum Gasteiger partial charge on any atom is -0.398 e. The van der Waals surface area contributed by atoms with Gasteiger partial charge in [0, 0.05) is 22.0 Å². The molecule has 0 saturated heterocycles. The molecule has 1 aromatic carbocycles. The van der Waals surface area contributed by atoms with E-state index >= 15 is 0 Å². The SMILES string of the molecule is Cc1cc(C)n(Cc2c(N)cccc2Cl)n1. The third kappa shape index (κ3) is 2.04. The molecule has 0 aliphatic heterocycles. The van der Waals surface area contributed by atoms with Gasteiger partial charge in [0.25, 0.3) is 0 Å². The van der Waals surface area contributed by atoms with Crippen LogP contribution in [0.25, 0.3) is 0 Å². The second-order valence-electron chi connectivity index (χ2n) is 3.89. The molecule has 3 nitrogen and oxygen atoms in total. The predicted molar refractivity (Wildman–Crippen MR) is 66.7 cm³/mol. The van der Waals surface area contributed by atoms with E-state index in [9.17, 15) is 0 Å². The lowest BCUT2D eigenvalue weighted by molar-refractivity contribution is 0.660. The van der Waals surface area contributed by atoms with Crippen molar-refractivity contribution in [3.63, 3.8) is 0 Å². The zero-order chi connectivity index (χ0) is 11.7. The Morgan fingerprint density at radius 2 is 2.12 bits per heavy atom. The summed E-state index contributed by atoms with van der Waals surface area (Å²) in [4.78, 5) is 0. The molecule has 2 aromatic rings. The lowest BCUT2D eigenvalue weighted by atomic mass is 10.2. The van der Waals surface area contributed by atoms with Crippen LogP contribution in [0, 0.1) is 13.8 Å². The molecule has 0 aliphatic carbocycles. The average Bonchev–Trinajstić information content (AvgIpc) is 2.51. The van der Waals surface area contributed by atoms with Crippen molar-refractivity contribution < 1.29 is 0 Å². The summed E-state index contributed by atoms with van der Waals surface area (Å²) in [5.41, 5.74) is 9.65. The number of halogens is 1. The molecule has 2 N–H and O–H groups in total. The van der Waals surface area contributed by atoms with E-state index in [1.165, 1.54) is 0 Å². The Kier molecular flexibility index (Phi) is 2.88. The Labute approximate surface area is 99.8 Å². The van der Waals surface area contributed by atoms with Crippen LogP contribution < -0.4 is 5.73 Å². The van der Waals surface area contributed by atoms with Crippen molar-refractivity contribution in [2.75, 3.05) is 5.73 Å². The highest BCUT2D eigenvalue weighted by atomic mass is 35.5. The van der Waals surface area contributed by atoms with Gasteiger partial charge in [0.2, 0.25) is 0 Å². The van der Waals surface area contributed by atoms with Crippen molar-refractivity contribution in [2.45, 2.75) is 20.4 Å². The number of aromatic nitrogens is 2. The molecule has 0 amide bonds. The Bertz CT molecular complexity index is 497. The standard InChI is InChI=1S/C12H14ClN3/c1-8-6-9(2)16(15-8)7-10-11(13)4-3-5-12(10)14/h3-6H,7,14H2,1-2H3. The molecule has 16 heavy (non-hydrogen) atoms. The third-order valence-corrected chi connectivity index (χ3v) is 2.92. The number of hydrogen-bond acceptors (Lipinski definition) is 2. The van der Waals surface area contributed by atoms with Crippen LogP contribution in [-0.2, 0) is 6.54 Å².